The third kappa shape index (κ3) is 4.11. The van der Waals surface area contributed by atoms with E-state index in [1.807, 2.05) is 19.2 Å². The Balaban J connectivity index is 1.88. The van der Waals surface area contributed by atoms with E-state index in [2.05, 4.69) is 15.1 Å². The maximum Gasteiger partial charge on any atom is 0.137 e. The minimum atomic E-state index is -1.59. The van der Waals surface area contributed by atoms with Gasteiger partial charge in [0.25, 0.3) is 0 Å². The maximum absolute atomic E-state index is 14.4. The quantitative estimate of drug-likeness (QED) is 0.662. The van der Waals surface area contributed by atoms with E-state index in [1.165, 1.54) is 35.2 Å². The molecule has 0 aliphatic heterocycles. The lowest BCUT2D eigenvalue weighted by Gasteiger charge is -2.34. The van der Waals surface area contributed by atoms with E-state index in [1.54, 1.807) is 11.3 Å². The number of aryl methyl sites for hydroxylation is 1. The molecule has 0 saturated carbocycles. The molecule has 1 aromatic carbocycles. The summed E-state index contributed by atoms with van der Waals surface area (Å²) < 4.78 is 29.2. The Kier molecular flexibility index (Phi) is 5.69. The molecule has 0 radical (unpaired) electrons. The first-order chi connectivity index (χ1) is 12.4. The van der Waals surface area contributed by atoms with Crippen LogP contribution in [0.4, 0.5) is 8.78 Å². The zero-order valence-electron chi connectivity index (χ0n) is 14.3. The fourth-order valence-electron chi connectivity index (χ4n) is 2.64. The number of benzene rings is 1. The van der Waals surface area contributed by atoms with Gasteiger partial charge in [-0.1, -0.05) is 13.0 Å². The number of thioether (sulfide) groups is 1. The molecule has 5 nitrogen and oxygen atoms in total. The predicted octanol–water partition coefficient (Wildman–Crippen LogP) is 3.53. The molecule has 0 unspecified atom stereocenters. The molecule has 26 heavy (non-hydrogen) atoms. The first-order valence-electron chi connectivity index (χ1n) is 7.91. The van der Waals surface area contributed by atoms with Crippen molar-refractivity contribution in [2.24, 2.45) is 0 Å². The molecule has 0 spiro atoms. The molecule has 1 N–H and O–H groups in total. The highest BCUT2D eigenvalue weighted by atomic mass is 32.2. The van der Waals surface area contributed by atoms with Crippen molar-refractivity contribution in [2.75, 3.05) is 0 Å². The molecule has 3 aromatic rings. The standard InChI is InChI=1S/C17H18F2N4OS2/c1-11-6-26-16(22-11)7-25-12(2)17(24,8-23-10-20-9-21-23)14-4-3-13(18)5-15(14)19/h3-6,9-10,12,24H,7-8H2,1-2H3/t12-,17-/m1/s1. The molecule has 0 aliphatic carbocycles. The van der Waals surface area contributed by atoms with Crippen molar-refractivity contribution in [1.29, 1.82) is 0 Å². The largest absolute Gasteiger partial charge is 0.382 e. The summed E-state index contributed by atoms with van der Waals surface area (Å²) in [7, 11) is 0. The van der Waals surface area contributed by atoms with Gasteiger partial charge in [-0.3, -0.25) is 0 Å². The second-order valence-corrected chi connectivity index (χ2v) is 8.25. The number of thiazole rings is 1. The highest BCUT2D eigenvalue weighted by Crippen LogP contribution is 2.37. The Morgan fingerprint density at radius 3 is 2.81 bits per heavy atom. The number of nitrogens with zero attached hydrogens (tertiary/aromatic N) is 4. The number of aliphatic hydroxyl groups is 1. The van der Waals surface area contributed by atoms with Crippen LogP contribution in [0.1, 0.15) is 23.2 Å². The van der Waals surface area contributed by atoms with E-state index in [-0.39, 0.29) is 12.1 Å². The average Bonchev–Trinajstić information content (AvgIpc) is 3.24. The van der Waals surface area contributed by atoms with Crippen LogP contribution in [0.2, 0.25) is 0 Å². The first kappa shape index (κ1) is 18.9. The smallest absolute Gasteiger partial charge is 0.137 e. The zero-order chi connectivity index (χ0) is 18.7. The SMILES string of the molecule is Cc1csc(CS[C@H](C)[C@](O)(Cn2cncn2)c2ccc(F)cc2F)n1. The topological polar surface area (TPSA) is 63.8 Å². The van der Waals surface area contributed by atoms with Crippen molar-refractivity contribution >= 4 is 23.1 Å². The molecule has 2 atom stereocenters. The molecular formula is C17H18F2N4OS2. The molecule has 2 heterocycles. The van der Waals surface area contributed by atoms with Crippen LogP contribution < -0.4 is 0 Å². The van der Waals surface area contributed by atoms with Gasteiger partial charge in [-0.25, -0.2) is 23.4 Å². The predicted molar refractivity (Wildman–Crippen MR) is 97.9 cm³/mol. The highest BCUT2D eigenvalue weighted by molar-refractivity contribution is 7.99. The molecule has 0 saturated heterocycles. The van der Waals surface area contributed by atoms with Gasteiger partial charge in [-0.05, 0) is 13.0 Å². The Labute approximate surface area is 158 Å². The number of hydrogen-bond donors (Lipinski definition) is 1. The van der Waals surface area contributed by atoms with Gasteiger partial charge in [-0.2, -0.15) is 5.10 Å². The van der Waals surface area contributed by atoms with Crippen LogP contribution in [0.25, 0.3) is 0 Å². The third-order valence-corrected chi connectivity index (χ3v) is 6.54. The van der Waals surface area contributed by atoms with Crippen molar-refractivity contribution in [1.82, 2.24) is 19.7 Å². The second kappa shape index (κ2) is 7.81. The van der Waals surface area contributed by atoms with Gasteiger partial charge < -0.3 is 5.11 Å². The summed E-state index contributed by atoms with van der Waals surface area (Å²) in [6.07, 6.45) is 2.80. The Bertz CT molecular complexity index is 872. The summed E-state index contributed by atoms with van der Waals surface area (Å²) in [6.45, 7) is 3.73. The van der Waals surface area contributed by atoms with Crippen molar-refractivity contribution in [3.63, 3.8) is 0 Å². The number of rotatable bonds is 7. The van der Waals surface area contributed by atoms with E-state index in [9.17, 15) is 13.9 Å². The number of aromatic nitrogens is 4. The van der Waals surface area contributed by atoms with Crippen LogP contribution in [0.3, 0.4) is 0 Å². The zero-order valence-corrected chi connectivity index (χ0v) is 15.9. The van der Waals surface area contributed by atoms with Gasteiger partial charge in [0.05, 0.1) is 6.54 Å². The second-order valence-electron chi connectivity index (χ2n) is 5.98. The molecule has 9 heteroatoms. The summed E-state index contributed by atoms with van der Waals surface area (Å²) in [5.41, 5.74) is -0.618. The van der Waals surface area contributed by atoms with Gasteiger partial charge in [0.15, 0.2) is 0 Å². The van der Waals surface area contributed by atoms with Gasteiger partial charge in [0, 0.05) is 33.7 Å². The summed E-state index contributed by atoms with van der Waals surface area (Å²) >= 11 is 3.00. The lowest BCUT2D eigenvalue weighted by Crippen LogP contribution is -2.41. The maximum atomic E-state index is 14.4. The van der Waals surface area contributed by atoms with Crippen LogP contribution in [0, 0.1) is 18.6 Å². The van der Waals surface area contributed by atoms with E-state index in [0.717, 1.165) is 22.8 Å². The van der Waals surface area contributed by atoms with Crippen LogP contribution in [0.15, 0.2) is 36.2 Å². The number of hydrogen-bond acceptors (Lipinski definition) is 6. The minimum Gasteiger partial charge on any atom is -0.382 e. The van der Waals surface area contributed by atoms with E-state index in [4.69, 9.17) is 0 Å². The highest BCUT2D eigenvalue weighted by Gasteiger charge is 2.39. The summed E-state index contributed by atoms with van der Waals surface area (Å²) in [4.78, 5) is 8.27. The van der Waals surface area contributed by atoms with Gasteiger partial charge in [0.2, 0.25) is 0 Å². The molecular weight excluding hydrogens is 378 g/mol. The summed E-state index contributed by atoms with van der Waals surface area (Å²) in [5.74, 6) is -0.889. The lowest BCUT2D eigenvalue weighted by atomic mass is 9.90. The Hall–Kier alpha value is -1.84. The van der Waals surface area contributed by atoms with Crippen LogP contribution >= 0.6 is 23.1 Å². The van der Waals surface area contributed by atoms with Gasteiger partial charge >= 0.3 is 0 Å². The monoisotopic (exact) mass is 396 g/mol. The average molecular weight is 396 g/mol. The fourth-order valence-corrected chi connectivity index (χ4v) is 4.60. The first-order valence-corrected chi connectivity index (χ1v) is 9.84. The third-order valence-electron chi connectivity index (χ3n) is 4.06. The molecule has 0 bridgehead atoms. The molecule has 0 fully saturated rings. The van der Waals surface area contributed by atoms with Crippen molar-refractivity contribution in [3.05, 3.63) is 64.1 Å². The molecule has 0 amide bonds. The molecule has 3 rings (SSSR count). The summed E-state index contributed by atoms with van der Waals surface area (Å²) in [6, 6.07) is 3.21. The van der Waals surface area contributed by atoms with E-state index >= 15 is 0 Å². The molecule has 0 aliphatic rings. The number of halogens is 2. The Morgan fingerprint density at radius 1 is 1.38 bits per heavy atom. The van der Waals surface area contributed by atoms with E-state index in [0.29, 0.717) is 5.75 Å². The van der Waals surface area contributed by atoms with E-state index < -0.39 is 22.5 Å². The normalized spacial score (nSPS) is 15.0. The van der Waals surface area contributed by atoms with Gasteiger partial charge in [-0.15, -0.1) is 23.1 Å². The summed E-state index contributed by atoms with van der Waals surface area (Å²) in [5, 5.41) is 17.9. The Morgan fingerprint density at radius 2 is 2.19 bits per heavy atom. The van der Waals surface area contributed by atoms with Crippen molar-refractivity contribution < 1.29 is 13.9 Å². The van der Waals surface area contributed by atoms with Crippen molar-refractivity contribution in [2.45, 2.75) is 37.0 Å². The van der Waals surface area contributed by atoms with Gasteiger partial charge in [0.1, 0.15) is 34.9 Å². The van der Waals surface area contributed by atoms with Crippen molar-refractivity contribution in [3.8, 4) is 0 Å². The fraction of sp³-hybridized carbons (Fsp3) is 0.353. The van der Waals surface area contributed by atoms with Crippen LogP contribution in [-0.4, -0.2) is 30.1 Å². The lowest BCUT2D eigenvalue weighted by molar-refractivity contribution is 0.0133. The van der Waals surface area contributed by atoms with Crippen LogP contribution in [0.5, 0.6) is 0 Å². The minimum absolute atomic E-state index is 0.000611. The molecule has 138 valence electrons. The van der Waals surface area contributed by atoms with Crippen LogP contribution in [-0.2, 0) is 17.9 Å². The molecule has 2 aromatic heterocycles.